The highest BCUT2D eigenvalue weighted by molar-refractivity contribution is 6.08. The number of carbonyl (C=O) groups is 5. The fraction of sp³-hybridized carbons (Fsp3) is 0.292. The first-order valence-corrected chi connectivity index (χ1v) is 10.7. The summed E-state index contributed by atoms with van der Waals surface area (Å²) < 4.78 is 0. The SMILES string of the molecule is O=C1CCC(N2Cc3c(cccc3C(=O)N3CCc4ccccc4C3C(=O)O)C2=O)C(=O)N1. The lowest BCUT2D eigenvalue weighted by Crippen LogP contribution is -2.52. The number of aliphatic carboxylic acids is 1. The van der Waals surface area contributed by atoms with Gasteiger partial charge in [-0.2, -0.15) is 0 Å². The van der Waals surface area contributed by atoms with E-state index in [9.17, 15) is 29.1 Å². The lowest BCUT2D eigenvalue weighted by atomic mass is 9.91. The summed E-state index contributed by atoms with van der Waals surface area (Å²) in [5.74, 6) is -2.87. The first-order chi connectivity index (χ1) is 15.9. The van der Waals surface area contributed by atoms with Crippen LogP contribution in [0, 0.1) is 0 Å². The standard InChI is InChI=1S/C24H21N3O6/c28-19-9-8-18(21(29)25-19)27-12-17-15(6-3-7-16(17)23(27)31)22(30)26-11-10-13-4-1-2-5-14(13)20(26)24(32)33/h1-7,18,20H,8-12H2,(H,32,33)(H,25,28,29). The Morgan fingerprint density at radius 3 is 2.55 bits per heavy atom. The van der Waals surface area contributed by atoms with Gasteiger partial charge >= 0.3 is 5.97 Å². The number of fused-ring (bicyclic) bond motifs is 2. The Morgan fingerprint density at radius 2 is 1.79 bits per heavy atom. The van der Waals surface area contributed by atoms with Crippen molar-refractivity contribution in [3.05, 3.63) is 70.3 Å². The summed E-state index contributed by atoms with van der Waals surface area (Å²) in [4.78, 5) is 65.3. The molecule has 33 heavy (non-hydrogen) atoms. The van der Waals surface area contributed by atoms with E-state index in [0.29, 0.717) is 23.1 Å². The zero-order valence-corrected chi connectivity index (χ0v) is 17.6. The molecular formula is C24H21N3O6. The number of piperidine rings is 1. The Kier molecular flexibility index (Phi) is 4.96. The molecule has 0 aromatic heterocycles. The quantitative estimate of drug-likeness (QED) is 0.683. The molecule has 3 aliphatic heterocycles. The number of carboxylic acid groups (broad SMARTS) is 1. The number of nitrogens with one attached hydrogen (secondary N) is 1. The van der Waals surface area contributed by atoms with Gasteiger partial charge in [0.25, 0.3) is 11.8 Å². The topological polar surface area (TPSA) is 124 Å². The van der Waals surface area contributed by atoms with Crippen LogP contribution >= 0.6 is 0 Å². The molecule has 2 N–H and O–H groups in total. The van der Waals surface area contributed by atoms with E-state index >= 15 is 0 Å². The van der Waals surface area contributed by atoms with Crippen molar-refractivity contribution in [2.45, 2.75) is 37.9 Å². The van der Waals surface area contributed by atoms with Crippen molar-refractivity contribution in [3.8, 4) is 0 Å². The van der Waals surface area contributed by atoms with Gasteiger partial charge in [-0.1, -0.05) is 30.3 Å². The van der Waals surface area contributed by atoms with Gasteiger partial charge in [0.15, 0.2) is 6.04 Å². The molecule has 0 radical (unpaired) electrons. The molecule has 1 saturated heterocycles. The molecule has 2 unspecified atom stereocenters. The largest absolute Gasteiger partial charge is 0.479 e. The fourth-order valence-corrected chi connectivity index (χ4v) is 4.99. The van der Waals surface area contributed by atoms with Gasteiger partial charge in [-0.05, 0) is 41.7 Å². The number of nitrogens with zero attached hydrogens (tertiary/aromatic N) is 2. The monoisotopic (exact) mass is 447 g/mol. The number of carboxylic acids is 1. The van der Waals surface area contributed by atoms with Crippen LogP contribution in [-0.4, -0.2) is 57.1 Å². The molecule has 9 heteroatoms. The van der Waals surface area contributed by atoms with E-state index in [1.807, 2.05) is 12.1 Å². The summed E-state index contributed by atoms with van der Waals surface area (Å²) >= 11 is 0. The Morgan fingerprint density at radius 1 is 1.00 bits per heavy atom. The van der Waals surface area contributed by atoms with Crippen molar-refractivity contribution in [1.29, 1.82) is 0 Å². The Balaban J connectivity index is 1.48. The zero-order valence-electron chi connectivity index (χ0n) is 17.6. The average Bonchev–Trinajstić information content (AvgIpc) is 3.14. The van der Waals surface area contributed by atoms with E-state index in [1.54, 1.807) is 30.3 Å². The van der Waals surface area contributed by atoms with Crippen molar-refractivity contribution in [2.75, 3.05) is 6.54 Å². The van der Waals surface area contributed by atoms with E-state index in [4.69, 9.17) is 0 Å². The minimum Gasteiger partial charge on any atom is -0.479 e. The van der Waals surface area contributed by atoms with Crippen LogP contribution in [0.4, 0.5) is 0 Å². The lowest BCUT2D eigenvalue weighted by molar-refractivity contribution is -0.143. The maximum atomic E-state index is 13.6. The van der Waals surface area contributed by atoms with Gasteiger partial charge in [0, 0.05) is 30.6 Å². The summed E-state index contributed by atoms with van der Waals surface area (Å²) in [7, 11) is 0. The molecule has 5 rings (SSSR count). The fourth-order valence-electron chi connectivity index (χ4n) is 4.99. The number of imide groups is 1. The van der Waals surface area contributed by atoms with Crippen LogP contribution in [0.5, 0.6) is 0 Å². The third kappa shape index (κ3) is 3.36. The molecule has 2 atom stereocenters. The van der Waals surface area contributed by atoms with Gasteiger partial charge in [0.1, 0.15) is 6.04 Å². The van der Waals surface area contributed by atoms with Crippen LogP contribution < -0.4 is 5.32 Å². The van der Waals surface area contributed by atoms with Crippen LogP contribution in [0.25, 0.3) is 0 Å². The van der Waals surface area contributed by atoms with E-state index < -0.39 is 29.9 Å². The van der Waals surface area contributed by atoms with E-state index in [1.165, 1.54) is 9.80 Å². The van der Waals surface area contributed by atoms with Crippen LogP contribution in [0.15, 0.2) is 42.5 Å². The summed E-state index contributed by atoms with van der Waals surface area (Å²) in [5.41, 5.74) is 2.51. The number of amides is 4. The van der Waals surface area contributed by atoms with Crippen molar-refractivity contribution in [2.24, 2.45) is 0 Å². The van der Waals surface area contributed by atoms with Crippen LogP contribution in [0.2, 0.25) is 0 Å². The second-order valence-electron chi connectivity index (χ2n) is 8.42. The molecule has 0 spiro atoms. The maximum absolute atomic E-state index is 13.6. The second kappa shape index (κ2) is 7.84. The minimum absolute atomic E-state index is 0.0462. The summed E-state index contributed by atoms with van der Waals surface area (Å²) in [6, 6.07) is 10.0. The Bertz CT molecular complexity index is 1220. The molecule has 168 valence electrons. The molecule has 1 fully saturated rings. The van der Waals surface area contributed by atoms with Gasteiger partial charge in [-0.15, -0.1) is 0 Å². The third-order valence-corrected chi connectivity index (χ3v) is 6.59. The van der Waals surface area contributed by atoms with Crippen LogP contribution in [-0.2, 0) is 27.3 Å². The molecule has 0 aliphatic carbocycles. The first kappa shape index (κ1) is 20.9. The number of rotatable bonds is 3. The van der Waals surface area contributed by atoms with Gasteiger partial charge in [0.05, 0.1) is 0 Å². The molecule has 9 nitrogen and oxygen atoms in total. The van der Waals surface area contributed by atoms with Crippen LogP contribution in [0.3, 0.4) is 0 Å². The summed E-state index contributed by atoms with van der Waals surface area (Å²) in [6.45, 7) is 0.284. The predicted octanol–water partition coefficient (Wildman–Crippen LogP) is 1.27. The van der Waals surface area contributed by atoms with E-state index in [0.717, 1.165) is 5.56 Å². The number of benzene rings is 2. The first-order valence-electron chi connectivity index (χ1n) is 10.7. The molecular weight excluding hydrogens is 426 g/mol. The van der Waals surface area contributed by atoms with Crippen LogP contribution in [0.1, 0.15) is 56.3 Å². The highest BCUT2D eigenvalue weighted by Crippen LogP contribution is 2.34. The van der Waals surface area contributed by atoms with Gasteiger partial charge in [-0.3, -0.25) is 24.5 Å². The Labute approximate surface area is 189 Å². The highest BCUT2D eigenvalue weighted by atomic mass is 16.4. The molecule has 3 aliphatic rings. The maximum Gasteiger partial charge on any atom is 0.331 e. The molecule has 2 aromatic rings. The highest BCUT2D eigenvalue weighted by Gasteiger charge is 2.42. The average molecular weight is 447 g/mol. The van der Waals surface area contributed by atoms with Gasteiger partial charge in [-0.25, -0.2) is 4.79 Å². The molecule has 2 aromatic carbocycles. The summed E-state index contributed by atoms with van der Waals surface area (Å²) in [6.07, 6.45) is 0.884. The molecule has 0 bridgehead atoms. The lowest BCUT2D eigenvalue weighted by Gasteiger charge is -2.35. The zero-order chi connectivity index (χ0) is 23.3. The van der Waals surface area contributed by atoms with E-state index in [-0.39, 0.29) is 43.3 Å². The molecule has 4 amide bonds. The minimum atomic E-state index is -1.12. The van der Waals surface area contributed by atoms with Crippen molar-refractivity contribution in [3.63, 3.8) is 0 Å². The second-order valence-corrected chi connectivity index (χ2v) is 8.42. The molecule has 0 saturated carbocycles. The predicted molar refractivity (Wildman–Crippen MR) is 114 cm³/mol. The van der Waals surface area contributed by atoms with Crippen molar-refractivity contribution in [1.82, 2.24) is 15.1 Å². The third-order valence-electron chi connectivity index (χ3n) is 6.59. The number of hydrogen-bond donors (Lipinski definition) is 2. The number of hydrogen-bond acceptors (Lipinski definition) is 5. The van der Waals surface area contributed by atoms with E-state index in [2.05, 4.69) is 5.32 Å². The van der Waals surface area contributed by atoms with Crippen molar-refractivity contribution >= 4 is 29.6 Å². The van der Waals surface area contributed by atoms with Crippen molar-refractivity contribution < 1.29 is 29.1 Å². The summed E-state index contributed by atoms with van der Waals surface area (Å²) in [5, 5.41) is 12.2. The molecule has 3 heterocycles. The normalized spacial score (nSPS) is 22.0. The Hall–Kier alpha value is -4.01. The van der Waals surface area contributed by atoms with Gasteiger partial charge in [0.2, 0.25) is 11.8 Å². The van der Waals surface area contributed by atoms with Gasteiger partial charge < -0.3 is 14.9 Å². The number of carbonyl (C=O) groups excluding carboxylic acids is 4. The smallest absolute Gasteiger partial charge is 0.331 e.